The maximum Gasteiger partial charge on any atom is 0.253 e. The zero-order valence-electron chi connectivity index (χ0n) is 19.4. The zero-order chi connectivity index (χ0) is 24.8. The molecule has 0 bridgehead atoms. The second-order valence-electron chi connectivity index (χ2n) is 8.82. The van der Waals surface area contributed by atoms with Crippen molar-refractivity contribution in [3.05, 3.63) is 76.7 Å². The van der Waals surface area contributed by atoms with Gasteiger partial charge in [0.2, 0.25) is 0 Å². The van der Waals surface area contributed by atoms with Crippen LogP contribution < -0.4 is 10.6 Å². The van der Waals surface area contributed by atoms with Crippen LogP contribution in [0.25, 0.3) is 27.9 Å². The smallest absolute Gasteiger partial charge is 0.253 e. The van der Waals surface area contributed by atoms with Gasteiger partial charge in [-0.3, -0.25) is 13.9 Å². The van der Waals surface area contributed by atoms with Gasteiger partial charge in [-0.1, -0.05) is 17.7 Å². The van der Waals surface area contributed by atoms with Gasteiger partial charge in [-0.2, -0.15) is 10.4 Å². The summed E-state index contributed by atoms with van der Waals surface area (Å²) in [7, 11) is 1.88. The molecule has 178 valence electrons. The maximum atomic E-state index is 12.5. The van der Waals surface area contributed by atoms with Gasteiger partial charge in [-0.25, -0.2) is 9.97 Å². The molecule has 0 spiro atoms. The third-order valence-electron chi connectivity index (χ3n) is 6.33. The summed E-state index contributed by atoms with van der Waals surface area (Å²) in [5.41, 5.74) is 5.64. The van der Waals surface area contributed by atoms with Gasteiger partial charge in [0.1, 0.15) is 0 Å². The van der Waals surface area contributed by atoms with Gasteiger partial charge in [0, 0.05) is 24.8 Å². The molecule has 0 saturated heterocycles. The molecule has 0 aliphatic heterocycles. The number of rotatable bonds is 6. The predicted molar refractivity (Wildman–Crippen MR) is 137 cm³/mol. The molecule has 9 nitrogen and oxygen atoms in total. The summed E-state index contributed by atoms with van der Waals surface area (Å²) in [6.45, 7) is 0.501. The monoisotopic (exact) mass is 496 g/mol. The lowest BCUT2D eigenvalue weighted by Gasteiger charge is -2.13. The molecule has 36 heavy (non-hydrogen) atoms. The zero-order valence-corrected chi connectivity index (χ0v) is 20.1. The van der Waals surface area contributed by atoms with Crippen LogP contribution in [0.2, 0.25) is 5.02 Å². The van der Waals surface area contributed by atoms with Crippen molar-refractivity contribution >= 4 is 40.0 Å². The number of carbonyl (C=O) groups excluding carboxylic acids is 1. The minimum absolute atomic E-state index is 0.160. The van der Waals surface area contributed by atoms with Crippen molar-refractivity contribution in [3.8, 4) is 17.3 Å². The minimum Gasteiger partial charge on any atom is -0.361 e. The fourth-order valence-corrected chi connectivity index (χ4v) is 4.49. The summed E-state index contributed by atoms with van der Waals surface area (Å²) < 4.78 is 3.78. The van der Waals surface area contributed by atoms with E-state index >= 15 is 0 Å². The number of carbonyl (C=O) groups is 1. The van der Waals surface area contributed by atoms with Crippen LogP contribution >= 0.6 is 11.6 Å². The fraction of sp³-hybridized carbons (Fsp3) is 0.192. The summed E-state index contributed by atoms with van der Waals surface area (Å²) in [5.74, 6) is 0.420. The molecular weight excluding hydrogens is 476 g/mol. The number of hydrogen-bond acceptors (Lipinski definition) is 6. The molecule has 10 heteroatoms. The van der Waals surface area contributed by atoms with Crippen LogP contribution in [0.4, 0.5) is 5.82 Å². The number of anilines is 1. The van der Waals surface area contributed by atoms with Gasteiger partial charge < -0.3 is 10.6 Å². The molecule has 1 saturated carbocycles. The van der Waals surface area contributed by atoms with Gasteiger partial charge in [-0.15, -0.1) is 0 Å². The minimum atomic E-state index is -0.160. The van der Waals surface area contributed by atoms with Crippen LogP contribution in [0.15, 0.2) is 54.9 Å². The lowest BCUT2D eigenvalue weighted by molar-refractivity contribution is 0.0951. The molecule has 1 aliphatic carbocycles. The van der Waals surface area contributed by atoms with Crippen molar-refractivity contribution in [2.75, 3.05) is 5.32 Å². The van der Waals surface area contributed by atoms with Crippen LogP contribution in [0.5, 0.6) is 0 Å². The quantitative estimate of drug-likeness (QED) is 0.362. The van der Waals surface area contributed by atoms with Crippen molar-refractivity contribution in [1.29, 1.82) is 5.26 Å². The fourth-order valence-electron chi connectivity index (χ4n) is 4.23. The third kappa shape index (κ3) is 3.91. The van der Waals surface area contributed by atoms with E-state index in [-0.39, 0.29) is 11.9 Å². The Morgan fingerprint density at radius 3 is 2.81 bits per heavy atom. The highest BCUT2D eigenvalue weighted by Gasteiger charge is 2.25. The topological polar surface area (TPSA) is 113 Å². The molecule has 1 amide bonds. The van der Waals surface area contributed by atoms with Crippen LogP contribution in [0.1, 0.15) is 34.5 Å². The Balaban J connectivity index is 1.46. The summed E-state index contributed by atoms with van der Waals surface area (Å²) in [6.07, 6.45) is 5.52. The van der Waals surface area contributed by atoms with Gasteiger partial charge in [0.25, 0.3) is 5.91 Å². The summed E-state index contributed by atoms with van der Waals surface area (Å²) in [5, 5.41) is 20.4. The number of aromatic nitrogens is 5. The molecule has 0 unspecified atom stereocenters. The molecule has 3 aromatic heterocycles. The maximum absolute atomic E-state index is 12.5. The predicted octanol–water partition coefficient (Wildman–Crippen LogP) is 4.31. The number of benzene rings is 2. The Hall–Kier alpha value is -4.42. The normalized spacial score (nSPS) is 13.1. The number of halogens is 1. The van der Waals surface area contributed by atoms with Gasteiger partial charge in [0.15, 0.2) is 11.5 Å². The first kappa shape index (κ1) is 22.1. The summed E-state index contributed by atoms with van der Waals surface area (Å²) in [4.78, 5) is 22.0. The van der Waals surface area contributed by atoms with E-state index in [1.807, 2.05) is 29.6 Å². The van der Waals surface area contributed by atoms with E-state index in [2.05, 4.69) is 26.8 Å². The first-order valence-corrected chi connectivity index (χ1v) is 11.9. The second kappa shape index (κ2) is 8.66. The number of aryl methyl sites for hydroxylation is 1. The van der Waals surface area contributed by atoms with Gasteiger partial charge >= 0.3 is 0 Å². The highest BCUT2D eigenvalue weighted by atomic mass is 35.5. The second-order valence-corrected chi connectivity index (χ2v) is 9.23. The van der Waals surface area contributed by atoms with E-state index in [9.17, 15) is 10.1 Å². The highest BCUT2D eigenvalue weighted by Crippen LogP contribution is 2.32. The molecule has 0 radical (unpaired) electrons. The number of nitriles is 1. The Labute approximate surface area is 211 Å². The Morgan fingerprint density at radius 2 is 2.08 bits per heavy atom. The number of amides is 1. The molecule has 5 aromatic rings. The number of fused-ring (bicyclic) bond motifs is 3. The third-order valence-corrected chi connectivity index (χ3v) is 6.65. The average molecular weight is 497 g/mol. The summed E-state index contributed by atoms with van der Waals surface area (Å²) >= 11 is 6.55. The highest BCUT2D eigenvalue weighted by molar-refractivity contribution is 6.34. The lowest BCUT2D eigenvalue weighted by Crippen LogP contribution is -2.25. The van der Waals surface area contributed by atoms with Crippen molar-refractivity contribution < 1.29 is 4.79 Å². The molecule has 6 rings (SSSR count). The first-order valence-electron chi connectivity index (χ1n) is 11.5. The van der Waals surface area contributed by atoms with Crippen LogP contribution in [0, 0.1) is 11.3 Å². The van der Waals surface area contributed by atoms with E-state index in [4.69, 9.17) is 16.6 Å². The molecule has 0 atom stereocenters. The Bertz CT molecular complexity index is 1690. The van der Waals surface area contributed by atoms with Gasteiger partial charge in [0.05, 0.1) is 57.4 Å². The molecule has 2 N–H and O–H groups in total. The van der Waals surface area contributed by atoms with E-state index in [1.54, 1.807) is 41.3 Å². The van der Waals surface area contributed by atoms with Gasteiger partial charge in [-0.05, 0) is 49.2 Å². The number of nitrogens with one attached hydrogen (secondary N) is 2. The Morgan fingerprint density at radius 1 is 1.22 bits per heavy atom. The lowest BCUT2D eigenvalue weighted by atomic mass is 10.1. The number of hydrogen-bond donors (Lipinski definition) is 2. The van der Waals surface area contributed by atoms with Crippen LogP contribution in [-0.2, 0) is 13.6 Å². The number of imidazole rings is 1. The van der Waals surface area contributed by atoms with Crippen molar-refractivity contribution in [2.24, 2.45) is 7.05 Å². The molecule has 1 fully saturated rings. The van der Waals surface area contributed by atoms with Crippen molar-refractivity contribution in [1.82, 2.24) is 29.5 Å². The van der Waals surface area contributed by atoms with Crippen molar-refractivity contribution in [3.63, 3.8) is 0 Å². The average Bonchev–Trinajstić information content (AvgIpc) is 3.42. The largest absolute Gasteiger partial charge is 0.361 e. The number of nitrogens with zero attached hydrogens (tertiary/aromatic N) is 6. The first-order chi connectivity index (χ1) is 17.5. The van der Waals surface area contributed by atoms with E-state index in [1.165, 1.54) is 0 Å². The molecular formula is C26H21ClN8O. The van der Waals surface area contributed by atoms with E-state index in [0.717, 1.165) is 35.3 Å². The van der Waals surface area contributed by atoms with E-state index in [0.29, 0.717) is 39.7 Å². The van der Waals surface area contributed by atoms with Crippen molar-refractivity contribution in [2.45, 2.75) is 25.4 Å². The van der Waals surface area contributed by atoms with E-state index < -0.39 is 0 Å². The molecule has 3 heterocycles. The van der Waals surface area contributed by atoms with Crippen LogP contribution in [0.3, 0.4) is 0 Å². The SMILES string of the molecule is Cn1nccc1CNc1nc2cc(C#N)ccc2n2c(-c3ccc(C(=O)NC4CC4)c(Cl)c3)cnc12. The summed E-state index contributed by atoms with van der Waals surface area (Å²) in [6, 6.07) is 15.1. The van der Waals surface area contributed by atoms with Crippen LogP contribution in [-0.4, -0.2) is 36.1 Å². The standard InChI is InChI=1S/C26H21ClN8O/c1-34-18(8-9-31-34)13-29-24-25-30-14-23(35(25)22-7-2-15(12-28)10-21(22)33-24)16-3-6-19(20(27)11-16)26(36)32-17-4-5-17/h2-3,6-11,14,17H,4-5,13H2,1H3,(H,29,33)(H,32,36). The molecule has 2 aromatic carbocycles. The molecule has 1 aliphatic rings. The Kier molecular flexibility index (Phi) is 5.31.